The Morgan fingerprint density at radius 1 is 1.18 bits per heavy atom. The molecule has 0 aromatic carbocycles. The monoisotopic (exact) mass is 154 g/mol. The van der Waals surface area contributed by atoms with Crippen molar-refractivity contribution in [3.8, 4) is 0 Å². The van der Waals surface area contributed by atoms with Crippen molar-refractivity contribution in [2.45, 2.75) is 51.6 Å². The molecule has 0 amide bonds. The van der Waals surface area contributed by atoms with Gasteiger partial charge in [0.2, 0.25) is 0 Å². The van der Waals surface area contributed by atoms with E-state index in [1.807, 2.05) is 19.9 Å². The molecule has 1 fully saturated rings. The summed E-state index contributed by atoms with van der Waals surface area (Å²) < 4.78 is 0. The van der Waals surface area contributed by atoms with Gasteiger partial charge in [-0.05, 0) is 26.7 Å². The van der Waals surface area contributed by atoms with Crippen LogP contribution in [-0.4, -0.2) is 10.7 Å². The second-order valence-corrected chi connectivity index (χ2v) is 3.89. The van der Waals surface area contributed by atoms with Gasteiger partial charge in [-0.1, -0.05) is 30.9 Å². The fourth-order valence-corrected chi connectivity index (χ4v) is 1.85. The molecular weight excluding hydrogens is 136 g/mol. The van der Waals surface area contributed by atoms with Crippen LogP contribution in [0.15, 0.2) is 11.6 Å². The van der Waals surface area contributed by atoms with E-state index >= 15 is 0 Å². The van der Waals surface area contributed by atoms with Crippen molar-refractivity contribution in [3.63, 3.8) is 0 Å². The topological polar surface area (TPSA) is 20.2 Å². The molecule has 0 spiro atoms. The molecule has 0 atom stereocenters. The minimum Gasteiger partial charge on any atom is -0.386 e. The van der Waals surface area contributed by atoms with Gasteiger partial charge in [-0.25, -0.2) is 0 Å². The molecule has 0 saturated heterocycles. The average Bonchev–Trinajstić information content (AvgIpc) is 1.85. The van der Waals surface area contributed by atoms with Crippen LogP contribution in [0.2, 0.25) is 0 Å². The maximum absolute atomic E-state index is 9.97. The summed E-state index contributed by atoms with van der Waals surface area (Å²) in [6.07, 6.45) is 7.59. The Labute approximate surface area is 69.1 Å². The van der Waals surface area contributed by atoms with E-state index in [1.165, 1.54) is 24.8 Å². The molecule has 1 aliphatic carbocycles. The van der Waals surface area contributed by atoms with E-state index in [-0.39, 0.29) is 0 Å². The SMILES string of the molecule is CC(C)=CC1(O)CCCCC1. The molecule has 1 aliphatic rings. The van der Waals surface area contributed by atoms with E-state index in [0.717, 1.165) is 12.8 Å². The Bertz CT molecular complexity index is 148. The Hall–Kier alpha value is -0.300. The van der Waals surface area contributed by atoms with Gasteiger partial charge in [0.15, 0.2) is 0 Å². The molecule has 0 heterocycles. The van der Waals surface area contributed by atoms with Gasteiger partial charge in [0.1, 0.15) is 0 Å². The first kappa shape index (κ1) is 8.79. The highest BCUT2D eigenvalue weighted by Gasteiger charge is 2.25. The quantitative estimate of drug-likeness (QED) is 0.576. The fourth-order valence-electron chi connectivity index (χ4n) is 1.85. The van der Waals surface area contributed by atoms with Crippen LogP contribution in [0, 0.1) is 0 Å². The highest BCUT2D eigenvalue weighted by atomic mass is 16.3. The summed E-state index contributed by atoms with van der Waals surface area (Å²) >= 11 is 0. The van der Waals surface area contributed by atoms with Crippen LogP contribution in [0.5, 0.6) is 0 Å². The maximum Gasteiger partial charge on any atom is 0.0830 e. The third-order valence-corrected chi connectivity index (χ3v) is 2.28. The van der Waals surface area contributed by atoms with Gasteiger partial charge in [-0.3, -0.25) is 0 Å². The van der Waals surface area contributed by atoms with Crippen molar-refractivity contribution in [2.24, 2.45) is 0 Å². The summed E-state index contributed by atoms with van der Waals surface area (Å²) in [6.45, 7) is 4.10. The van der Waals surface area contributed by atoms with Gasteiger partial charge in [0.25, 0.3) is 0 Å². The number of hydrogen-bond donors (Lipinski definition) is 1. The normalized spacial score (nSPS) is 22.8. The second-order valence-electron chi connectivity index (χ2n) is 3.89. The van der Waals surface area contributed by atoms with Gasteiger partial charge in [-0.15, -0.1) is 0 Å². The summed E-state index contributed by atoms with van der Waals surface area (Å²) in [5.41, 5.74) is 0.770. The van der Waals surface area contributed by atoms with Crippen LogP contribution in [0.3, 0.4) is 0 Å². The lowest BCUT2D eigenvalue weighted by Crippen LogP contribution is -2.28. The molecular formula is C10H18O. The Morgan fingerprint density at radius 2 is 1.73 bits per heavy atom. The summed E-state index contributed by atoms with van der Waals surface area (Å²) in [5, 5.41) is 9.97. The predicted molar refractivity (Wildman–Crippen MR) is 47.5 cm³/mol. The standard InChI is InChI=1S/C10H18O/c1-9(2)8-10(11)6-4-3-5-7-10/h8,11H,3-7H2,1-2H3. The zero-order valence-electron chi connectivity index (χ0n) is 7.56. The van der Waals surface area contributed by atoms with E-state index in [1.54, 1.807) is 0 Å². The van der Waals surface area contributed by atoms with Gasteiger partial charge in [0, 0.05) is 0 Å². The summed E-state index contributed by atoms with van der Waals surface area (Å²) in [6, 6.07) is 0. The molecule has 1 N–H and O–H groups in total. The summed E-state index contributed by atoms with van der Waals surface area (Å²) in [7, 11) is 0. The van der Waals surface area contributed by atoms with E-state index in [9.17, 15) is 5.11 Å². The minimum absolute atomic E-state index is 0.461. The molecule has 1 nitrogen and oxygen atoms in total. The lowest BCUT2D eigenvalue weighted by Gasteiger charge is -2.29. The average molecular weight is 154 g/mol. The van der Waals surface area contributed by atoms with Crippen molar-refractivity contribution < 1.29 is 5.11 Å². The third kappa shape index (κ3) is 2.66. The van der Waals surface area contributed by atoms with Crippen molar-refractivity contribution in [1.82, 2.24) is 0 Å². The van der Waals surface area contributed by atoms with Gasteiger partial charge in [0.05, 0.1) is 5.60 Å². The van der Waals surface area contributed by atoms with Crippen LogP contribution in [0.1, 0.15) is 46.0 Å². The molecule has 0 radical (unpaired) electrons. The van der Waals surface area contributed by atoms with Gasteiger partial charge >= 0.3 is 0 Å². The van der Waals surface area contributed by atoms with Crippen LogP contribution in [0.4, 0.5) is 0 Å². The smallest absolute Gasteiger partial charge is 0.0830 e. The molecule has 0 unspecified atom stereocenters. The largest absolute Gasteiger partial charge is 0.386 e. The molecule has 1 rings (SSSR count). The van der Waals surface area contributed by atoms with Gasteiger partial charge in [-0.2, -0.15) is 0 Å². The van der Waals surface area contributed by atoms with Crippen LogP contribution < -0.4 is 0 Å². The molecule has 64 valence electrons. The number of allylic oxidation sites excluding steroid dienone is 1. The fraction of sp³-hybridized carbons (Fsp3) is 0.800. The van der Waals surface area contributed by atoms with Crippen LogP contribution >= 0.6 is 0 Å². The highest BCUT2D eigenvalue weighted by molar-refractivity contribution is 5.07. The molecule has 0 bridgehead atoms. The Balaban J connectivity index is 2.57. The number of hydrogen-bond acceptors (Lipinski definition) is 1. The zero-order valence-corrected chi connectivity index (χ0v) is 7.56. The molecule has 1 saturated carbocycles. The van der Waals surface area contributed by atoms with E-state index in [0.29, 0.717) is 0 Å². The van der Waals surface area contributed by atoms with Crippen molar-refractivity contribution in [3.05, 3.63) is 11.6 Å². The highest BCUT2D eigenvalue weighted by Crippen LogP contribution is 2.29. The van der Waals surface area contributed by atoms with Crippen molar-refractivity contribution in [2.75, 3.05) is 0 Å². The van der Waals surface area contributed by atoms with Gasteiger partial charge < -0.3 is 5.11 Å². The molecule has 0 aliphatic heterocycles. The van der Waals surface area contributed by atoms with E-state index in [4.69, 9.17) is 0 Å². The van der Waals surface area contributed by atoms with E-state index in [2.05, 4.69) is 0 Å². The second kappa shape index (κ2) is 3.40. The first-order valence-electron chi connectivity index (χ1n) is 4.51. The maximum atomic E-state index is 9.97. The summed E-state index contributed by atoms with van der Waals surface area (Å²) in [4.78, 5) is 0. The number of rotatable bonds is 1. The first-order valence-corrected chi connectivity index (χ1v) is 4.51. The Morgan fingerprint density at radius 3 is 2.18 bits per heavy atom. The Kier molecular flexibility index (Phi) is 2.72. The van der Waals surface area contributed by atoms with Crippen LogP contribution in [-0.2, 0) is 0 Å². The molecule has 0 aromatic heterocycles. The first-order chi connectivity index (χ1) is 5.12. The molecule has 1 heteroatoms. The van der Waals surface area contributed by atoms with Crippen LogP contribution in [0.25, 0.3) is 0 Å². The van der Waals surface area contributed by atoms with Crippen molar-refractivity contribution >= 4 is 0 Å². The summed E-state index contributed by atoms with van der Waals surface area (Å²) in [5.74, 6) is 0. The third-order valence-electron chi connectivity index (χ3n) is 2.28. The lowest BCUT2D eigenvalue weighted by atomic mass is 9.84. The molecule has 0 aromatic rings. The zero-order chi connectivity index (χ0) is 8.32. The predicted octanol–water partition coefficient (Wildman–Crippen LogP) is 2.65. The van der Waals surface area contributed by atoms with E-state index < -0.39 is 5.60 Å². The number of aliphatic hydroxyl groups is 1. The van der Waals surface area contributed by atoms with Crippen molar-refractivity contribution in [1.29, 1.82) is 0 Å². The minimum atomic E-state index is -0.461. The lowest BCUT2D eigenvalue weighted by molar-refractivity contribution is 0.0506. The molecule has 11 heavy (non-hydrogen) atoms.